The lowest BCUT2D eigenvalue weighted by atomic mass is 9.76. The van der Waals surface area contributed by atoms with Crippen molar-refractivity contribution in [2.45, 2.75) is 53.0 Å². The van der Waals surface area contributed by atoms with E-state index in [1.807, 2.05) is 13.8 Å². The average Bonchev–Trinajstić information content (AvgIpc) is 2.23. The highest BCUT2D eigenvalue weighted by Gasteiger charge is 2.31. The smallest absolute Gasteiger partial charge is 0.240 e. The van der Waals surface area contributed by atoms with E-state index in [0.717, 1.165) is 12.8 Å². The second kappa shape index (κ2) is 6.21. The molecule has 4 nitrogen and oxygen atoms in total. The molecule has 0 aliphatic heterocycles. The maximum atomic E-state index is 12.2. The van der Waals surface area contributed by atoms with Gasteiger partial charge in [-0.05, 0) is 37.0 Å². The molecular formula is C14H26N2O2. The van der Waals surface area contributed by atoms with Gasteiger partial charge in [0.2, 0.25) is 11.8 Å². The summed E-state index contributed by atoms with van der Waals surface area (Å²) in [5.41, 5.74) is 5.32. The number of carbonyl (C=O) groups excluding carboxylic acids is 2. The Morgan fingerprint density at radius 3 is 2.00 bits per heavy atom. The Morgan fingerprint density at radius 1 is 1.11 bits per heavy atom. The molecule has 1 aliphatic carbocycles. The van der Waals surface area contributed by atoms with Crippen LogP contribution in [0.25, 0.3) is 0 Å². The van der Waals surface area contributed by atoms with Crippen LogP contribution in [0.5, 0.6) is 0 Å². The highest BCUT2D eigenvalue weighted by molar-refractivity contribution is 5.87. The summed E-state index contributed by atoms with van der Waals surface area (Å²) in [7, 11) is 0. The number of carbonyl (C=O) groups is 2. The van der Waals surface area contributed by atoms with E-state index in [2.05, 4.69) is 19.2 Å². The summed E-state index contributed by atoms with van der Waals surface area (Å²) in [4.78, 5) is 23.5. The van der Waals surface area contributed by atoms with Gasteiger partial charge in [0.25, 0.3) is 0 Å². The second-order valence-electron chi connectivity index (χ2n) is 6.25. The van der Waals surface area contributed by atoms with E-state index in [4.69, 9.17) is 5.73 Å². The molecule has 104 valence electrons. The van der Waals surface area contributed by atoms with Crippen molar-refractivity contribution in [3.8, 4) is 0 Å². The normalized spacial score (nSPS) is 29.9. The third-order valence-corrected chi connectivity index (χ3v) is 3.82. The van der Waals surface area contributed by atoms with Gasteiger partial charge in [-0.15, -0.1) is 0 Å². The van der Waals surface area contributed by atoms with Crippen LogP contribution in [0.1, 0.15) is 47.0 Å². The Labute approximate surface area is 110 Å². The van der Waals surface area contributed by atoms with Crippen molar-refractivity contribution in [3.05, 3.63) is 0 Å². The van der Waals surface area contributed by atoms with Gasteiger partial charge < -0.3 is 11.1 Å². The highest BCUT2D eigenvalue weighted by atomic mass is 16.2. The minimum absolute atomic E-state index is 0.00843. The molecule has 2 amide bonds. The van der Waals surface area contributed by atoms with Gasteiger partial charge in [0, 0.05) is 5.92 Å². The molecule has 1 fully saturated rings. The predicted molar refractivity (Wildman–Crippen MR) is 71.6 cm³/mol. The van der Waals surface area contributed by atoms with Crippen LogP contribution in [0.3, 0.4) is 0 Å². The maximum absolute atomic E-state index is 12.2. The van der Waals surface area contributed by atoms with E-state index in [9.17, 15) is 9.59 Å². The molecule has 0 aromatic heterocycles. The zero-order valence-corrected chi connectivity index (χ0v) is 11.9. The zero-order valence-electron chi connectivity index (χ0n) is 11.9. The highest BCUT2D eigenvalue weighted by Crippen LogP contribution is 2.33. The zero-order chi connectivity index (χ0) is 13.9. The molecule has 1 unspecified atom stereocenters. The van der Waals surface area contributed by atoms with Crippen LogP contribution in [0.4, 0.5) is 0 Å². The SMILES string of the molecule is CC(C)[C@H](NC(=O)C1C[C@@H](C)C[C@@H](C)C1)C(N)=O. The first-order chi connectivity index (χ1) is 8.31. The molecule has 0 aromatic rings. The molecule has 1 aliphatic rings. The third-order valence-electron chi connectivity index (χ3n) is 3.82. The monoisotopic (exact) mass is 254 g/mol. The number of hydrogen-bond acceptors (Lipinski definition) is 2. The summed E-state index contributed by atoms with van der Waals surface area (Å²) in [6.07, 6.45) is 3.02. The van der Waals surface area contributed by atoms with Gasteiger partial charge in [-0.1, -0.05) is 27.7 Å². The van der Waals surface area contributed by atoms with Gasteiger partial charge in [-0.2, -0.15) is 0 Å². The van der Waals surface area contributed by atoms with E-state index in [1.165, 1.54) is 6.42 Å². The lowest BCUT2D eigenvalue weighted by Crippen LogP contribution is -2.50. The lowest BCUT2D eigenvalue weighted by molar-refractivity contribution is -0.132. The molecule has 0 heterocycles. The Kier molecular flexibility index (Phi) is 5.17. The number of rotatable bonds is 4. The molecular weight excluding hydrogens is 228 g/mol. The standard InChI is InChI=1S/C14H26N2O2/c1-8(2)12(13(15)17)16-14(18)11-6-9(3)5-10(4)7-11/h8-12H,5-7H2,1-4H3,(H2,15,17)(H,16,18)/t9-,10+,11?,12-/m0/s1. The minimum atomic E-state index is -0.551. The summed E-state index contributed by atoms with van der Waals surface area (Å²) >= 11 is 0. The van der Waals surface area contributed by atoms with Crippen LogP contribution in [0.15, 0.2) is 0 Å². The van der Waals surface area contributed by atoms with Crippen molar-refractivity contribution in [2.24, 2.45) is 29.4 Å². The molecule has 4 heteroatoms. The predicted octanol–water partition coefficient (Wildman–Crippen LogP) is 1.68. The summed E-state index contributed by atoms with van der Waals surface area (Å²) in [5.74, 6) is 0.765. The van der Waals surface area contributed by atoms with E-state index >= 15 is 0 Å². The minimum Gasteiger partial charge on any atom is -0.368 e. The summed E-state index contributed by atoms with van der Waals surface area (Å²) in [6.45, 7) is 8.15. The summed E-state index contributed by atoms with van der Waals surface area (Å²) in [5, 5.41) is 2.81. The summed E-state index contributed by atoms with van der Waals surface area (Å²) in [6, 6.07) is -0.551. The van der Waals surface area contributed by atoms with Gasteiger partial charge in [-0.25, -0.2) is 0 Å². The maximum Gasteiger partial charge on any atom is 0.240 e. The van der Waals surface area contributed by atoms with Crippen LogP contribution >= 0.6 is 0 Å². The summed E-state index contributed by atoms with van der Waals surface area (Å²) < 4.78 is 0. The van der Waals surface area contributed by atoms with E-state index in [-0.39, 0.29) is 17.7 Å². The lowest BCUT2D eigenvalue weighted by Gasteiger charge is -2.31. The van der Waals surface area contributed by atoms with E-state index < -0.39 is 11.9 Å². The molecule has 1 rings (SSSR count). The van der Waals surface area contributed by atoms with Crippen LogP contribution in [-0.2, 0) is 9.59 Å². The van der Waals surface area contributed by atoms with Crippen molar-refractivity contribution >= 4 is 11.8 Å². The van der Waals surface area contributed by atoms with Crippen molar-refractivity contribution < 1.29 is 9.59 Å². The van der Waals surface area contributed by atoms with Gasteiger partial charge in [0.05, 0.1) is 0 Å². The Morgan fingerprint density at radius 2 is 1.61 bits per heavy atom. The van der Waals surface area contributed by atoms with Crippen molar-refractivity contribution in [3.63, 3.8) is 0 Å². The van der Waals surface area contributed by atoms with Crippen molar-refractivity contribution in [1.29, 1.82) is 0 Å². The molecule has 0 spiro atoms. The number of amides is 2. The topological polar surface area (TPSA) is 72.2 Å². The number of nitrogens with one attached hydrogen (secondary N) is 1. The van der Waals surface area contributed by atoms with Gasteiger partial charge in [-0.3, -0.25) is 9.59 Å². The number of hydrogen-bond donors (Lipinski definition) is 2. The van der Waals surface area contributed by atoms with E-state index in [0.29, 0.717) is 11.8 Å². The second-order valence-corrected chi connectivity index (χ2v) is 6.25. The molecule has 4 atom stereocenters. The Hall–Kier alpha value is -1.06. The fourth-order valence-corrected chi connectivity index (χ4v) is 3.00. The first-order valence-corrected chi connectivity index (χ1v) is 6.91. The fourth-order valence-electron chi connectivity index (χ4n) is 3.00. The first-order valence-electron chi connectivity index (χ1n) is 6.91. The van der Waals surface area contributed by atoms with Crippen LogP contribution in [-0.4, -0.2) is 17.9 Å². The first kappa shape index (κ1) is 15.0. The van der Waals surface area contributed by atoms with Crippen LogP contribution < -0.4 is 11.1 Å². The Balaban J connectivity index is 2.61. The molecule has 0 aromatic carbocycles. The van der Waals surface area contributed by atoms with Crippen LogP contribution in [0.2, 0.25) is 0 Å². The van der Waals surface area contributed by atoms with Gasteiger partial charge in [0.1, 0.15) is 6.04 Å². The number of nitrogens with two attached hydrogens (primary N) is 1. The largest absolute Gasteiger partial charge is 0.368 e. The fraction of sp³-hybridized carbons (Fsp3) is 0.857. The average molecular weight is 254 g/mol. The van der Waals surface area contributed by atoms with Crippen LogP contribution in [0, 0.1) is 23.7 Å². The molecule has 0 bridgehead atoms. The molecule has 18 heavy (non-hydrogen) atoms. The molecule has 0 saturated heterocycles. The van der Waals surface area contributed by atoms with E-state index in [1.54, 1.807) is 0 Å². The number of primary amides is 1. The van der Waals surface area contributed by atoms with Crippen molar-refractivity contribution in [1.82, 2.24) is 5.32 Å². The van der Waals surface area contributed by atoms with Gasteiger partial charge >= 0.3 is 0 Å². The van der Waals surface area contributed by atoms with Gasteiger partial charge in [0.15, 0.2) is 0 Å². The Bertz CT molecular complexity index is 305. The molecule has 3 N–H and O–H groups in total. The quantitative estimate of drug-likeness (QED) is 0.801. The molecule has 1 saturated carbocycles. The molecule has 0 radical (unpaired) electrons. The third kappa shape index (κ3) is 4.00. The van der Waals surface area contributed by atoms with Crippen molar-refractivity contribution in [2.75, 3.05) is 0 Å².